The number of aliphatic hydroxyl groups is 1. The fraction of sp³-hybridized carbons (Fsp3) is 0.364. The molecule has 8 nitrogen and oxygen atoms in total. The Labute approximate surface area is 179 Å². The molecule has 4 N–H and O–H groups in total. The molecule has 2 aliphatic rings. The van der Waals surface area contributed by atoms with Crippen LogP contribution in [0.1, 0.15) is 43.1 Å². The Balaban J connectivity index is 1.44. The smallest absolute Gasteiger partial charge is 0.225 e. The quantitative estimate of drug-likeness (QED) is 0.461. The molecule has 0 bridgehead atoms. The van der Waals surface area contributed by atoms with Crippen LogP contribution in [-0.4, -0.2) is 37.2 Å². The maximum Gasteiger partial charge on any atom is 0.225 e. The van der Waals surface area contributed by atoms with Crippen molar-refractivity contribution < 1.29 is 9.50 Å². The van der Waals surface area contributed by atoms with Gasteiger partial charge in [0.15, 0.2) is 0 Å². The molecule has 160 valence electrons. The zero-order valence-electron chi connectivity index (χ0n) is 17.1. The number of nitrogens with one attached hydrogen (secondary N) is 3. The van der Waals surface area contributed by atoms with E-state index in [9.17, 15) is 9.50 Å². The minimum atomic E-state index is -0.780. The van der Waals surface area contributed by atoms with E-state index in [1.54, 1.807) is 30.7 Å². The summed E-state index contributed by atoms with van der Waals surface area (Å²) in [6.07, 6.45) is 6.88. The Hall–Kier alpha value is -3.17. The van der Waals surface area contributed by atoms with Gasteiger partial charge in [-0.1, -0.05) is 12.1 Å². The van der Waals surface area contributed by atoms with Crippen LogP contribution in [0.15, 0.2) is 48.9 Å². The van der Waals surface area contributed by atoms with E-state index in [0.29, 0.717) is 35.7 Å². The van der Waals surface area contributed by atoms with Crippen molar-refractivity contribution >= 4 is 17.6 Å². The third kappa shape index (κ3) is 4.06. The zero-order valence-corrected chi connectivity index (χ0v) is 17.1. The van der Waals surface area contributed by atoms with Crippen LogP contribution < -0.4 is 16.0 Å². The van der Waals surface area contributed by atoms with E-state index in [0.717, 1.165) is 18.4 Å². The number of β-amino-alcohol motifs (C(OH)–C–C–N with tert-alkyl or cyclic N) is 1. The highest BCUT2D eigenvalue weighted by Gasteiger charge is 2.56. The number of anilines is 3. The second-order valence-electron chi connectivity index (χ2n) is 8.21. The van der Waals surface area contributed by atoms with Crippen molar-refractivity contribution in [3.8, 4) is 0 Å². The van der Waals surface area contributed by atoms with Gasteiger partial charge in [-0.25, -0.2) is 14.4 Å². The topological polar surface area (TPSA) is 108 Å². The Morgan fingerprint density at radius 3 is 2.61 bits per heavy atom. The number of hydrogen-bond donors (Lipinski definition) is 4. The van der Waals surface area contributed by atoms with Gasteiger partial charge in [0.05, 0.1) is 24.0 Å². The number of benzene rings is 1. The van der Waals surface area contributed by atoms with Crippen molar-refractivity contribution in [2.45, 2.75) is 37.5 Å². The SMILES string of the molecule is CC(Nc1nc(Nc2cnccn2)cc([C@@H]2NCC2(O)C2CC2)n1)c1ccc(F)cc1. The van der Waals surface area contributed by atoms with Crippen LogP contribution in [0, 0.1) is 11.7 Å². The van der Waals surface area contributed by atoms with Crippen LogP contribution in [0.2, 0.25) is 0 Å². The fourth-order valence-corrected chi connectivity index (χ4v) is 4.00. The van der Waals surface area contributed by atoms with Gasteiger partial charge in [0, 0.05) is 25.0 Å². The van der Waals surface area contributed by atoms with E-state index in [1.165, 1.54) is 12.1 Å². The largest absolute Gasteiger partial charge is 0.386 e. The first-order valence-electron chi connectivity index (χ1n) is 10.4. The minimum absolute atomic E-state index is 0.142. The van der Waals surface area contributed by atoms with Gasteiger partial charge >= 0.3 is 0 Å². The lowest BCUT2D eigenvalue weighted by atomic mass is 9.79. The molecule has 2 aromatic heterocycles. The second-order valence-corrected chi connectivity index (χ2v) is 8.21. The molecular weight excluding hydrogens is 397 g/mol. The molecule has 3 atom stereocenters. The van der Waals surface area contributed by atoms with Gasteiger partial charge < -0.3 is 21.1 Å². The lowest BCUT2D eigenvalue weighted by Gasteiger charge is -2.46. The normalized spacial score (nSPS) is 23.6. The van der Waals surface area contributed by atoms with Crippen molar-refractivity contribution in [2.24, 2.45) is 5.92 Å². The Kier molecular flexibility index (Phi) is 4.99. The third-order valence-electron chi connectivity index (χ3n) is 5.95. The van der Waals surface area contributed by atoms with E-state index < -0.39 is 5.60 Å². The van der Waals surface area contributed by atoms with Crippen LogP contribution >= 0.6 is 0 Å². The maximum absolute atomic E-state index is 13.3. The van der Waals surface area contributed by atoms with Crippen LogP contribution in [0.25, 0.3) is 0 Å². The Morgan fingerprint density at radius 2 is 1.97 bits per heavy atom. The molecule has 1 aromatic carbocycles. The molecule has 5 rings (SSSR count). The van der Waals surface area contributed by atoms with Gasteiger partial charge in [-0.05, 0) is 43.4 Å². The summed E-state index contributed by atoms with van der Waals surface area (Å²) in [4.78, 5) is 17.6. The summed E-state index contributed by atoms with van der Waals surface area (Å²) in [6, 6.07) is 7.75. The van der Waals surface area contributed by atoms with Crippen LogP contribution in [0.5, 0.6) is 0 Å². The molecule has 9 heteroatoms. The molecule has 1 saturated heterocycles. The highest BCUT2D eigenvalue weighted by Crippen LogP contribution is 2.49. The first-order chi connectivity index (χ1) is 15.0. The fourth-order valence-electron chi connectivity index (χ4n) is 4.00. The Bertz CT molecular complexity index is 1060. The molecule has 1 aliphatic heterocycles. The molecule has 1 aliphatic carbocycles. The van der Waals surface area contributed by atoms with Crippen molar-refractivity contribution in [1.82, 2.24) is 25.3 Å². The molecule has 1 saturated carbocycles. The summed E-state index contributed by atoms with van der Waals surface area (Å²) >= 11 is 0. The predicted molar refractivity (Wildman–Crippen MR) is 114 cm³/mol. The average Bonchev–Trinajstić information content (AvgIpc) is 3.59. The standard InChI is InChI=1S/C22H24FN7O/c1-13(14-2-6-16(23)7-3-14)27-21-28-17(20-22(31,12-26-20)15-4-5-15)10-18(30-21)29-19-11-24-8-9-25-19/h2-3,6-11,13,15,20,26,31H,4-5,12H2,1H3,(H2,25,27,28,29,30)/t13?,20-,22?/m0/s1. The summed E-state index contributed by atoms with van der Waals surface area (Å²) < 4.78 is 13.3. The summed E-state index contributed by atoms with van der Waals surface area (Å²) in [6.45, 7) is 2.52. The van der Waals surface area contributed by atoms with Crippen molar-refractivity contribution in [2.75, 3.05) is 17.2 Å². The summed E-state index contributed by atoms with van der Waals surface area (Å²) in [5.74, 6) is 1.54. The van der Waals surface area contributed by atoms with Gasteiger partial charge in [-0.2, -0.15) is 4.98 Å². The monoisotopic (exact) mass is 421 g/mol. The van der Waals surface area contributed by atoms with Crippen LogP contribution in [0.3, 0.4) is 0 Å². The van der Waals surface area contributed by atoms with Gasteiger partial charge in [-0.15, -0.1) is 0 Å². The molecule has 2 fully saturated rings. The van der Waals surface area contributed by atoms with Gasteiger partial charge in [0.2, 0.25) is 5.95 Å². The van der Waals surface area contributed by atoms with Gasteiger partial charge in [0.1, 0.15) is 23.1 Å². The number of aromatic nitrogens is 4. The summed E-state index contributed by atoms with van der Waals surface area (Å²) in [5.41, 5.74) is 0.837. The molecular formula is C22H24FN7O. The zero-order chi connectivity index (χ0) is 21.4. The average molecular weight is 421 g/mol. The molecule has 3 heterocycles. The number of rotatable bonds is 7. The molecule has 0 spiro atoms. The molecule has 31 heavy (non-hydrogen) atoms. The predicted octanol–water partition coefficient (Wildman–Crippen LogP) is 3.11. The summed E-state index contributed by atoms with van der Waals surface area (Å²) in [7, 11) is 0. The highest BCUT2D eigenvalue weighted by atomic mass is 19.1. The van der Waals surface area contributed by atoms with E-state index in [-0.39, 0.29) is 17.9 Å². The van der Waals surface area contributed by atoms with E-state index >= 15 is 0 Å². The first kappa shape index (κ1) is 19.8. The van der Waals surface area contributed by atoms with Gasteiger partial charge in [-0.3, -0.25) is 4.98 Å². The van der Waals surface area contributed by atoms with Crippen LogP contribution in [-0.2, 0) is 0 Å². The number of halogens is 1. The van der Waals surface area contributed by atoms with E-state index in [4.69, 9.17) is 4.98 Å². The summed E-state index contributed by atoms with van der Waals surface area (Å²) in [5, 5.41) is 20.9. The van der Waals surface area contributed by atoms with Crippen molar-refractivity contribution in [3.05, 3.63) is 66.0 Å². The lowest BCUT2D eigenvalue weighted by molar-refractivity contribution is -0.0795. The second kappa shape index (κ2) is 7.82. The number of hydrogen-bond acceptors (Lipinski definition) is 8. The van der Waals surface area contributed by atoms with Crippen LogP contribution in [0.4, 0.5) is 22.0 Å². The molecule has 0 radical (unpaired) electrons. The molecule has 0 amide bonds. The first-order valence-corrected chi connectivity index (χ1v) is 10.4. The van der Waals surface area contributed by atoms with E-state index in [1.807, 2.05) is 13.0 Å². The molecule has 3 aromatic rings. The van der Waals surface area contributed by atoms with Gasteiger partial charge in [0.25, 0.3) is 0 Å². The van der Waals surface area contributed by atoms with Crippen molar-refractivity contribution in [3.63, 3.8) is 0 Å². The maximum atomic E-state index is 13.3. The number of nitrogens with zero attached hydrogens (tertiary/aromatic N) is 4. The Morgan fingerprint density at radius 1 is 1.16 bits per heavy atom. The molecule has 2 unspecified atom stereocenters. The highest BCUT2D eigenvalue weighted by molar-refractivity contribution is 5.54. The third-order valence-corrected chi connectivity index (χ3v) is 5.95. The van der Waals surface area contributed by atoms with E-state index in [2.05, 4.69) is 30.9 Å². The lowest BCUT2D eigenvalue weighted by Crippen LogP contribution is -2.63. The minimum Gasteiger partial charge on any atom is -0.386 e. The van der Waals surface area contributed by atoms with Crippen molar-refractivity contribution in [1.29, 1.82) is 0 Å².